The summed E-state index contributed by atoms with van der Waals surface area (Å²) in [6.07, 6.45) is 3.47. The van der Waals surface area contributed by atoms with Crippen LogP contribution in [0.1, 0.15) is 24.3 Å². The first kappa shape index (κ1) is 11.4. The van der Waals surface area contributed by atoms with E-state index in [1.165, 1.54) is 0 Å². The van der Waals surface area contributed by atoms with Gasteiger partial charge in [0.05, 0.1) is 6.10 Å². The van der Waals surface area contributed by atoms with Gasteiger partial charge < -0.3 is 9.14 Å². The molecule has 4 nitrogen and oxygen atoms in total. The number of carbonyl (C=O) groups is 1. The van der Waals surface area contributed by atoms with E-state index in [4.69, 9.17) is 4.74 Å². The Kier molecular flexibility index (Phi) is 3.13. The summed E-state index contributed by atoms with van der Waals surface area (Å²) >= 11 is 2.21. The van der Waals surface area contributed by atoms with Gasteiger partial charge in [0.25, 0.3) is 0 Å². The molecule has 2 aromatic heterocycles. The van der Waals surface area contributed by atoms with Crippen LogP contribution in [-0.2, 0) is 4.74 Å². The number of pyridine rings is 1. The summed E-state index contributed by atoms with van der Waals surface area (Å²) in [5.41, 5.74) is 1.09. The van der Waals surface area contributed by atoms with Gasteiger partial charge in [0.2, 0.25) is 0 Å². The predicted octanol–water partition coefficient (Wildman–Crippen LogP) is 2.50. The largest absolute Gasteiger partial charge is 0.458 e. The zero-order valence-electron chi connectivity index (χ0n) is 8.98. The zero-order chi connectivity index (χ0) is 11.7. The van der Waals surface area contributed by atoms with E-state index in [2.05, 4.69) is 27.6 Å². The molecule has 2 aromatic rings. The quantitative estimate of drug-likeness (QED) is 0.628. The van der Waals surface area contributed by atoms with Crippen LogP contribution in [0.4, 0.5) is 0 Å². The van der Waals surface area contributed by atoms with Crippen molar-refractivity contribution in [3.05, 3.63) is 33.8 Å². The first-order chi connectivity index (χ1) is 7.56. The second kappa shape index (κ2) is 4.40. The lowest BCUT2D eigenvalue weighted by molar-refractivity contribution is 0.0371. The summed E-state index contributed by atoms with van der Waals surface area (Å²) in [5, 5.41) is 0. The van der Waals surface area contributed by atoms with Crippen molar-refractivity contribution in [2.75, 3.05) is 0 Å². The standard InChI is InChI=1S/C11H11IN2O2/c1-7(2)16-11(15)9-6-14-5-8(12)3-4-10(14)13-9/h3-7H,1-2H3. The highest BCUT2D eigenvalue weighted by Crippen LogP contribution is 2.10. The molecule has 0 saturated carbocycles. The molecule has 2 heterocycles. The van der Waals surface area contributed by atoms with Crippen molar-refractivity contribution >= 4 is 34.2 Å². The SMILES string of the molecule is CC(C)OC(=O)c1cn2cc(I)ccc2n1. The lowest BCUT2D eigenvalue weighted by Gasteiger charge is -2.04. The maximum absolute atomic E-state index is 11.6. The highest BCUT2D eigenvalue weighted by molar-refractivity contribution is 14.1. The van der Waals surface area contributed by atoms with Gasteiger partial charge in [-0.1, -0.05) is 0 Å². The van der Waals surface area contributed by atoms with Crippen LogP contribution >= 0.6 is 22.6 Å². The van der Waals surface area contributed by atoms with Gasteiger partial charge in [0, 0.05) is 16.0 Å². The maximum Gasteiger partial charge on any atom is 0.358 e. The monoisotopic (exact) mass is 330 g/mol. The van der Waals surface area contributed by atoms with Crippen LogP contribution in [0.5, 0.6) is 0 Å². The fourth-order valence-electron chi connectivity index (χ4n) is 1.34. The Hall–Kier alpha value is -1.11. The number of rotatable bonds is 2. The molecule has 2 rings (SSSR count). The molecule has 0 saturated heterocycles. The molecule has 84 valence electrons. The normalized spacial score (nSPS) is 11.0. The van der Waals surface area contributed by atoms with Crippen LogP contribution in [0.15, 0.2) is 24.5 Å². The fourth-order valence-corrected chi connectivity index (χ4v) is 1.82. The molecule has 5 heteroatoms. The number of halogens is 1. The number of fused-ring (bicyclic) bond motifs is 1. The Bertz CT molecular complexity index is 534. The van der Waals surface area contributed by atoms with E-state index in [1.54, 1.807) is 6.20 Å². The van der Waals surface area contributed by atoms with E-state index in [0.717, 1.165) is 9.22 Å². The minimum atomic E-state index is -0.381. The Balaban J connectivity index is 2.36. The van der Waals surface area contributed by atoms with E-state index in [-0.39, 0.29) is 12.1 Å². The van der Waals surface area contributed by atoms with E-state index in [0.29, 0.717) is 5.69 Å². The molecule has 0 unspecified atom stereocenters. The van der Waals surface area contributed by atoms with Gasteiger partial charge in [0.15, 0.2) is 5.69 Å². The summed E-state index contributed by atoms with van der Waals surface area (Å²) < 4.78 is 7.99. The van der Waals surface area contributed by atoms with Crippen molar-refractivity contribution in [2.45, 2.75) is 20.0 Å². The number of hydrogen-bond donors (Lipinski definition) is 0. The van der Waals surface area contributed by atoms with Crippen LogP contribution in [0.3, 0.4) is 0 Å². The summed E-state index contributed by atoms with van der Waals surface area (Å²) in [6, 6.07) is 3.81. The number of esters is 1. The topological polar surface area (TPSA) is 43.6 Å². The number of hydrogen-bond acceptors (Lipinski definition) is 3. The van der Waals surface area contributed by atoms with Gasteiger partial charge in [-0.15, -0.1) is 0 Å². The molecular formula is C11H11IN2O2. The number of imidazole rings is 1. The Morgan fingerprint density at radius 3 is 2.88 bits per heavy atom. The first-order valence-electron chi connectivity index (χ1n) is 4.91. The Morgan fingerprint density at radius 2 is 2.19 bits per heavy atom. The van der Waals surface area contributed by atoms with Gasteiger partial charge in [-0.2, -0.15) is 0 Å². The van der Waals surface area contributed by atoms with Crippen LogP contribution in [-0.4, -0.2) is 21.5 Å². The summed E-state index contributed by atoms with van der Waals surface area (Å²) in [4.78, 5) is 15.8. The lowest BCUT2D eigenvalue weighted by Crippen LogP contribution is -2.11. The van der Waals surface area contributed by atoms with E-state index in [1.807, 2.05) is 36.6 Å². The van der Waals surface area contributed by atoms with Crippen molar-refractivity contribution in [3.63, 3.8) is 0 Å². The number of ether oxygens (including phenoxy) is 1. The average Bonchev–Trinajstić information content (AvgIpc) is 2.59. The van der Waals surface area contributed by atoms with Gasteiger partial charge >= 0.3 is 5.97 Å². The molecule has 0 aromatic carbocycles. The van der Waals surface area contributed by atoms with Crippen molar-refractivity contribution in [1.82, 2.24) is 9.38 Å². The number of nitrogens with zero attached hydrogens (tertiary/aromatic N) is 2. The van der Waals surface area contributed by atoms with Crippen LogP contribution in [0.25, 0.3) is 5.65 Å². The van der Waals surface area contributed by atoms with Gasteiger partial charge in [-0.25, -0.2) is 9.78 Å². The van der Waals surface area contributed by atoms with Crippen molar-refractivity contribution in [1.29, 1.82) is 0 Å². The molecule has 0 N–H and O–H groups in total. The fraction of sp³-hybridized carbons (Fsp3) is 0.273. The third-order valence-corrected chi connectivity index (χ3v) is 2.60. The summed E-state index contributed by atoms with van der Waals surface area (Å²) in [7, 11) is 0. The zero-order valence-corrected chi connectivity index (χ0v) is 11.1. The number of carbonyl (C=O) groups excluding carboxylic acids is 1. The van der Waals surface area contributed by atoms with Crippen molar-refractivity contribution < 1.29 is 9.53 Å². The predicted molar refractivity (Wildman–Crippen MR) is 68.5 cm³/mol. The molecule has 0 aliphatic rings. The third-order valence-electron chi connectivity index (χ3n) is 1.97. The Morgan fingerprint density at radius 1 is 1.44 bits per heavy atom. The molecule has 0 fully saturated rings. The molecule has 0 spiro atoms. The smallest absolute Gasteiger partial charge is 0.358 e. The van der Waals surface area contributed by atoms with Gasteiger partial charge in [-0.05, 0) is 48.6 Å². The van der Waals surface area contributed by atoms with E-state index >= 15 is 0 Å². The minimum Gasteiger partial charge on any atom is -0.458 e. The highest BCUT2D eigenvalue weighted by atomic mass is 127. The molecule has 0 aliphatic carbocycles. The minimum absolute atomic E-state index is 0.127. The van der Waals surface area contributed by atoms with Crippen molar-refractivity contribution in [3.8, 4) is 0 Å². The van der Waals surface area contributed by atoms with E-state index in [9.17, 15) is 4.79 Å². The lowest BCUT2D eigenvalue weighted by atomic mass is 10.4. The molecule has 0 aliphatic heterocycles. The molecule has 0 bridgehead atoms. The molecule has 0 radical (unpaired) electrons. The first-order valence-corrected chi connectivity index (χ1v) is 5.99. The average molecular weight is 330 g/mol. The van der Waals surface area contributed by atoms with Crippen LogP contribution in [0.2, 0.25) is 0 Å². The molecule has 16 heavy (non-hydrogen) atoms. The Labute approximate surface area is 107 Å². The molecule has 0 amide bonds. The number of aromatic nitrogens is 2. The second-order valence-electron chi connectivity index (χ2n) is 3.69. The highest BCUT2D eigenvalue weighted by Gasteiger charge is 2.13. The molecular weight excluding hydrogens is 319 g/mol. The third kappa shape index (κ3) is 2.34. The van der Waals surface area contributed by atoms with Crippen molar-refractivity contribution in [2.24, 2.45) is 0 Å². The van der Waals surface area contributed by atoms with Gasteiger partial charge in [0.1, 0.15) is 5.65 Å². The second-order valence-corrected chi connectivity index (χ2v) is 4.94. The van der Waals surface area contributed by atoms with Crippen LogP contribution in [0, 0.1) is 3.57 Å². The van der Waals surface area contributed by atoms with Gasteiger partial charge in [-0.3, -0.25) is 0 Å². The van der Waals surface area contributed by atoms with E-state index < -0.39 is 0 Å². The summed E-state index contributed by atoms with van der Waals surface area (Å²) in [5.74, 6) is -0.381. The summed E-state index contributed by atoms with van der Waals surface area (Å²) in [6.45, 7) is 3.63. The van der Waals surface area contributed by atoms with Crippen LogP contribution < -0.4 is 0 Å². The maximum atomic E-state index is 11.6. The molecule has 0 atom stereocenters.